The van der Waals surface area contributed by atoms with Crippen molar-refractivity contribution in [2.24, 2.45) is 5.92 Å². The highest BCUT2D eigenvalue weighted by Gasteiger charge is 2.37. The molecule has 1 aliphatic carbocycles. The molecule has 0 heterocycles. The molecule has 0 aromatic heterocycles. The predicted octanol–water partition coefficient (Wildman–Crippen LogP) is 3.80. The highest BCUT2D eigenvalue weighted by Crippen LogP contribution is 2.46. The number of methoxy groups -OCH3 is 5. The smallest absolute Gasteiger partial charge is 0.203 e. The van der Waals surface area contributed by atoms with Crippen LogP contribution < -0.4 is 23.7 Å². The van der Waals surface area contributed by atoms with Crippen LogP contribution in [-0.4, -0.2) is 53.4 Å². The summed E-state index contributed by atoms with van der Waals surface area (Å²) in [7, 11) is 8.02. The molecule has 31 heavy (non-hydrogen) atoms. The lowest BCUT2D eigenvalue weighted by Crippen LogP contribution is -2.23. The normalized spacial score (nSPS) is 20.4. The summed E-state index contributed by atoms with van der Waals surface area (Å²) in [6.07, 6.45) is 1.17. The topological polar surface area (TPSA) is 75.6 Å². The Labute approximate surface area is 183 Å². The van der Waals surface area contributed by atoms with Gasteiger partial charge in [0.05, 0.1) is 54.9 Å². The molecule has 170 valence electrons. The van der Waals surface area contributed by atoms with Gasteiger partial charge in [-0.05, 0) is 54.2 Å². The Morgan fingerprint density at radius 2 is 1.42 bits per heavy atom. The SMILES string of the molecule is COc1ccc(COC[C@H]2[C@H](O)CC[C@@H]2c2cc(OC)c(OC)c(OC)c2)cc1OC. The molecule has 0 bridgehead atoms. The first-order valence-electron chi connectivity index (χ1n) is 10.3. The van der Waals surface area contributed by atoms with Crippen LogP contribution >= 0.6 is 0 Å². The molecule has 0 aliphatic heterocycles. The molecule has 1 saturated carbocycles. The van der Waals surface area contributed by atoms with Gasteiger partial charge in [-0.1, -0.05) is 6.07 Å². The summed E-state index contributed by atoms with van der Waals surface area (Å²) in [5, 5.41) is 10.6. The van der Waals surface area contributed by atoms with Crippen molar-refractivity contribution in [3.05, 3.63) is 41.5 Å². The number of hydrogen-bond acceptors (Lipinski definition) is 7. The quantitative estimate of drug-likeness (QED) is 0.612. The molecule has 7 heteroatoms. The molecule has 7 nitrogen and oxygen atoms in total. The molecule has 3 rings (SSSR count). The Morgan fingerprint density at radius 1 is 0.774 bits per heavy atom. The monoisotopic (exact) mass is 432 g/mol. The molecule has 0 unspecified atom stereocenters. The second-order valence-electron chi connectivity index (χ2n) is 7.58. The van der Waals surface area contributed by atoms with Crippen molar-refractivity contribution in [1.82, 2.24) is 0 Å². The lowest BCUT2D eigenvalue weighted by molar-refractivity contribution is 0.0310. The van der Waals surface area contributed by atoms with Crippen LogP contribution in [0.3, 0.4) is 0 Å². The van der Waals surface area contributed by atoms with E-state index >= 15 is 0 Å². The lowest BCUT2D eigenvalue weighted by Gasteiger charge is -2.24. The largest absolute Gasteiger partial charge is 0.493 e. The number of rotatable bonds is 10. The van der Waals surface area contributed by atoms with Gasteiger partial charge in [0.25, 0.3) is 0 Å². The van der Waals surface area contributed by atoms with Crippen LogP contribution in [0.25, 0.3) is 0 Å². The summed E-state index contributed by atoms with van der Waals surface area (Å²) in [6.45, 7) is 0.863. The highest BCUT2D eigenvalue weighted by atomic mass is 16.5. The van der Waals surface area contributed by atoms with Gasteiger partial charge in [-0.2, -0.15) is 0 Å². The van der Waals surface area contributed by atoms with Gasteiger partial charge in [0.15, 0.2) is 23.0 Å². The first kappa shape index (κ1) is 23.0. The summed E-state index contributed by atoms with van der Waals surface area (Å²) in [5.41, 5.74) is 2.03. The molecule has 0 saturated heterocycles. The van der Waals surface area contributed by atoms with E-state index in [2.05, 4.69) is 0 Å². The van der Waals surface area contributed by atoms with E-state index in [0.717, 1.165) is 24.0 Å². The van der Waals surface area contributed by atoms with Crippen LogP contribution in [0.4, 0.5) is 0 Å². The maximum absolute atomic E-state index is 10.6. The van der Waals surface area contributed by atoms with Gasteiger partial charge in [0.1, 0.15) is 0 Å². The molecule has 0 radical (unpaired) electrons. The van der Waals surface area contributed by atoms with Gasteiger partial charge in [-0.3, -0.25) is 0 Å². The van der Waals surface area contributed by atoms with E-state index in [1.165, 1.54) is 0 Å². The van der Waals surface area contributed by atoms with E-state index in [9.17, 15) is 5.11 Å². The summed E-state index contributed by atoms with van der Waals surface area (Å²) in [4.78, 5) is 0. The third kappa shape index (κ3) is 4.99. The fourth-order valence-electron chi connectivity index (χ4n) is 4.29. The maximum atomic E-state index is 10.6. The molecule has 0 amide bonds. The number of hydrogen-bond donors (Lipinski definition) is 1. The number of aliphatic hydroxyl groups excluding tert-OH is 1. The first-order valence-corrected chi connectivity index (χ1v) is 10.3. The fraction of sp³-hybridized carbons (Fsp3) is 0.500. The number of benzene rings is 2. The molecule has 0 spiro atoms. The van der Waals surface area contributed by atoms with E-state index in [1.54, 1.807) is 35.5 Å². The minimum absolute atomic E-state index is 0.0250. The van der Waals surface area contributed by atoms with Gasteiger partial charge in [0.2, 0.25) is 5.75 Å². The van der Waals surface area contributed by atoms with Gasteiger partial charge in [0, 0.05) is 5.92 Å². The van der Waals surface area contributed by atoms with Crippen LogP contribution in [0.5, 0.6) is 28.7 Å². The van der Waals surface area contributed by atoms with Crippen LogP contribution in [0.2, 0.25) is 0 Å². The molecule has 1 N–H and O–H groups in total. The summed E-state index contributed by atoms with van der Waals surface area (Å²) < 4.78 is 33.1. The van der Waals surface area contributed by atoms with Crippen molar-refractivity contribution in [3.8, 4) is 28.7 Å². The average Bonchev–Trinajstić information content (AvgIpc) is 3.17. The average molecular weight is 433 g/mol. The van der Waals surface area contributed by atoms with E-state index < -0.39 is 6.10 Å². The molecule has 2 aromatic rings. The fourth-order valence-corrected chi connectivity index (χ4v) is 4.29. The van der Waals surface area contributed by atoms with E-state index in [4.69, 9.17) is 28.4 Å². The van der Waals surface area contributed by atoms with Crippen molar-refractivity contribution in [1.29, 1.82) is 0 Å². The zero-order chi connectivity index (χ0) is 22.4. The molecule has 2 aromatic carbocycles. The van der Waals surface area contributed by atoms with Crippen molar-refractivity contribution in [3.63, 3.8) is 0 Å². The molecule has 3 atom stereocenters. The third-order valence-electron chi connectivity index (χ3n) is 5.93. The molecular formula is C24H32O7. The number of aliphatic hydroxyl groups is 1. The van der Waals surface area contributed by atoms with Crippen molar-refractivity contribution >= 4 is 0 Å². The van der Waals surface area contributed by atoms with Crippen LogP contribution in [0, 0.1) is 5.92 Å². The molecule has 1 aliphatic rings. The zero-order valence-corrected chi connectivity index (χ0v) is 18.8. The van der Waals surface area contributed by atoms with Crippen molar-refractivity contribution < 1.29 is 33.5 Å². The second kappa shape index (κ2) is 10.6. The van der Waals surface area contributed by atoms with Crippen molar-refractivity contribution in [2.45, 2.75) is 31.5 Å². The Hall–Kier alpha value is -2.64. The first-order chi connectivity index (χ1) is 15.1. The predicted molar refractivity (Wildman–Crippen MR) is 117 cm³/mol. The van der Waals surface area contributed by atoms with E-state index in [1.807, 2.05) is 30.3 Å². The summed E-state index contributed by atoms with van der Waals surface area (Å²) in [5.74, 6) is 3.25. The zero-order valence-electron chi connectivity index (χ0n) is 18.8. The Kier molecular flexibility index (Phi) is 7.87. The summed E-state index contributed by atoms with van der Waals surface area (Å²) >= 11 is 0. The Bertz CT molecular complexity index is 842. The second-order valence-corrected chi connectivity index (χ2v) is 7.58. The highest BCUT2D eigenvalue weighted by molar-refractivity contribution is 5.54. The molecule has 1 fully saturated rings. The van der Waals surface area contributed by atoms with Gasteiger partial charge >= 0.3 is 0 Å². The van der Waals surface area contributed by atoms with Crippen LogP contribution in [-0.2, 0) is 11.3 Å². The minimum atomic E-state index is -0.422. The van der Waals surface area contributed by atoms with E-state index in [-0.39, 0.29) is 11.8 Å². The molecular weight excluding hydrogens is 400 g/mol. The van der Waals surface area contributed by atoms with Crippen LogP contribution in [0.15, 0.2) is 30.3 Å². The van der Waals surface area contributed by atoms with E-state index in [0.29, 0.717) is 42.0 Å². The maximum Gasteiger partial charge on any atom is 0.203 e. The third-order valence-corrected chi connectivity index (χ3v) is 5.93. The number of ether oxygens (including phenoxy) is 6. The standard InChI is InChI=1S/C24H32O7/c1-26-20-9-6-15(10-21(20)27-2)13-31-14-18-17(7-8-19(18)25)16-11-22(28-3)24(30-5)23(12-16)29-4/h6,9-12,17-19,25H,7-8,13-14H2,1-5H3/t17-,18-,19-/m1/s1. The Balaban J connectivity index is 1.73. The Morgan fingerprint density at radius 3 is 2.00 bits per heavy atom. The van der Waals surface area contributed by atoms with Gasteiger partial charge < -0.3 is 33.5 Å². The summed E-state index contributed by atoms with van der Waals surface area (Å²) in [6, 6.07) is 9.64. The lowest BCUT2D eigenvalue weighted by atomic mass is 9.88. The van der Waals surface area contributed by atoms with Gasteiger partial charge in [-0.15, -0.1) is 0 Å². The van der Waals surface area contributed by atoms with Gasteiger partial charge in [-0.25, -0.2) is 0 Å². The minimum Gasteiger partial charge on any atom is -0.493 e. The van der Waals surface area contributed by atoms with Crippen LogP contribution in [0.1, 0.15) is 29.9 Å². The van der Waals surface area contributed by atoms with Crippen molar-refractivity contribution in [2.75, 3.05) is 42.2 Å².